The van der Waals surface area contributed by atoms with Crippen molar-refractivity contribution in [2.75, 3.05) is 16.8 Å². The number of fused-ring (bicyclic) bond motifs is 1. The van der Waals surface area contributed by atoms with Crippen molar-refractivity contribution in [3.05, 3.63) is 88.7 Å². The van der Waals surface area contributed by atoms with Gasteiger partial charge in [0.2, 0.25) is 0 Å². The first-order valence-corrected chi connectivity index (χ1v) is 9.42. The molecule has 4 rings (SSSR count). The fraction of sp³-hybridized carbons (Fsp3) is 0.136. The van der Waals surface area contributed by atoms with Crippen molar-refractivity contribution in [1.82, 2.24) is 4.98 Å². The van der Waals surface area contributed by atoms with Crippen LogP contribution in [0.25, 0.3) is 0 Å². The predicted octanol–water partition coefficient (Wildman–Crippen LogP) is 4.58. The van der Waals surface area contributed by atoms with Crippen molar-refractivity contribution in [2.45, 2.75) is 12.8 Å². The molecule has 6 heteroatoms. The number of amides is 2. The lowest BCUT2D eigenvalue weighted by Gasteiger charge is -2.29. The van der Waals surface area contributed by atoms with Crippen LogP contribution >= 0.6 is 11.6 Å². The Hall–Kier alpha value is -3.18. The number of nitrogens with one attached hydrogen (secondary N) is 1. The van der Waals surface area contributed by atoms with Gasteiger partial charge in [-0.2, -0.15) is 0 Å². The maximum Gasteiger partial charge on any atom is 0.276 e. The minimum absolute atomic E-state index is 0.201. The van der Waals surface area contributed by atoms with Gasteiger partial charge in [0.15, 0.2) is 0 Å². The van der Waals surface area contributed by atoms with E-state index in [4.69, 9.17) is 11.6 Å². The van der Waals surface area contributed by atoms with Crippen molar-refractivity contribution in [3.63, 3.8) is 0 Å². The minimum Gasteiger partial charge on any atom is -0.322 e. The number of pyridine rings is 1. The van der Waals surface area contributed by atoms with Gasteiger partial charge < -0.3 is 10.2 Å². The van der Waals surface area contributed by atoms with Gasteiger partial charge in [-0.1, -0.05) is 29.8 Å². The van der Waals surface area contributed by atoms with E-state index in [0.717, 1.165) is 24.1 Å². The minimum atomic E-state index is -0.308. The second kappa shape index (κ2) is 7.82. The smallest absolute Gasteiger partial charge is 0.276 e. The molecule has 1 aliphatic rings. The van der Waals surface area contributed by atoms with Crippen LogP contribution in [-0.2, 0) is 6.42 Å². The number of hydrogen-bond donors (Lipinski definition) is 1. The molecule has 0 radical (unpaired) electrons. The number of rotatable bonds is 3. The van der Waals surface area contributed by atoms with Gasteiger partial charge in [-0.15, -0.1) is 0 Å². The molecule has 0 bridgehead atoms. The molecule has 0 atom stereocenters. The van der Waals surface area contributed by atoms with Crippen LogP contribution in [0.2, 0.25) is 5.02 Å². The zero-order valence-electron chi connectivity index (χ0n) is 15.1. The predicted molar refractivity (Wildman–Crippen MR) is 110 cm³/mol. The number of halogens is 1. The Balaban J connectivity index is 1.56. The molecule has 1 aliphatic heterocycles. The Morgan fingerprint density at radius 2 is 1.82 bits per heavy atom. The Labute approximate surface area is 168 Å². The van der Waals surface area contributed by atoms with E-state index in [-0.39, 0.29) is 17.5 Å². The van der Waals surface area contributed by atoms with E-state index in [1.54, 1.807) is 35.2 Å². The lowest BCUT2D eigenvalue weighted by atomic mass is 10.0. The van der Waals surface area contributed by atoms with Crippen molar-refractivity contribution in [2.24, 2.45) is 0 Å². The number of aromatic nitrogens is 1. The van der Waals surface area contributed by atoms with E-state index in [2.05, 4.69) is 10.3 Å². The quantitative estimate of drug-likeness (QED) is 0.710. The fourth-order valence-corrected chi connectivity index (χ4v) is 3.43. The van der Waals surface area contributed by atoms with Crippen molar-refractivity contribution in [1.29, 1.82) is 0 Å². The lowest BCUT2D eigenvalue weighted by Crippen LogP contribution is -2.36. The summed E-state index contributed by atoms with van der Waals surface area (Å²) in [6, 6.07) is 17.9. The second-order valence-corrected chi connectivity index (χ2v) is 7.02. The average Bonchev–Trinajstić information content (AvgIpc) is 2.74. The van der Waals surface area contributed by atoms with Gasteiger partial charge in [-0.05, 0) is 60.9 Å². The first-order chi connectivity index (χ1) is 13.6. The second-order valence-electron chi connectivity index (χ2n) is 6.58. The number of hydrogen-bond acceptors (Lipinski definition) is 3. The molecule has 140 valence electrons. The van der Waals surface area contributed by atoms with Gasteiger partial charge in [0, 0.05) is 34.7 Å². The van der Waals surface area contributed by atoms with Crippen LogP contribution in [0.3, 0.4) is 0 Å². The normalized spacial score (nSPS) is 13.0. The van der Waals surface area contributed by atoms with E-state index in [9.17, 15) is 9.59 Å². The van der Waals surface area contributed by atoms with Crippen molar-refractivity contribution < 1.29 is 9.59 Å². The molecule has 2 heterocycles. The summed E-state index contributed by atoms with van der Waals surface area (Å²) >= 11 is 5.87. The molecule has 0 spiro atoms. The summed E-state index contributed by atoms with van der Waals surface area (Å²) in [7, 11) is 0. The highest BCUT2D eigenvalue weighted by atomic mass is 35.5. The van der Waals surface area contributed by atoms with E-state index < -0.39 is 0 Å². The molecule has 28 heavy (non-hydrogen) atoms. The number of carbonyl (C=O) groups excluding carboxylic acids is 2. The van der Waals surface area contributed by atoms with Crippen LogP contribution in [0.1, 0.15) is 32.8 Å². The molecule has 1 N–H and O–H groups in total. The highest BCUT2D eigenvalue weighted by molar-refractivity contribution is 6.30. The Morgan fingerprint density at radius 3 is 2.64 bits per heavy atom. The maximum absolute atomic E-state index is 13.1. The average molecular weight is 392 g/mol. The van der Waals surface area contributed by atoms with Crippen LogP contribution < -0.4 is 10.2 Å². The molecule has 0 saturated carbocycles. The summed E-state index contributed by atoms with van der Waals surface area (Å²) in [6.07, 6.45) is 3.34. The molecule has 0 aliphatic carbocycles. The zero-order valence-corrected chi connectivity index (χ0v) is 15.8. The topological polar surface area (TPSA) is 62.3 Å². The third-order valence-electron chi connectivity index (χ3n) is 4.70. The molecular weight excluding hydrogens is 374 g/mol. The summed E-state index contributed by atoms with van der Waals surface area (Å²) in [5, 5.41) is 3.39. The monoisotopic (exact) mass is 391 g/mol. The molecule has 2 amide bonds. The number of carbonyl (C=O) groups is 2. The number of nitrogens with zero attached hydrogens (tertiary/aromatic N) is 2. The third-order valence-corrected chi connectivity index (χ3v) is 4.95. The maximum atomic E-state index is 13.1. The van der Waals surface area contributed by atoms with Gasteiger partial charge in [0.05, 0.1) is 0 Å². The molecule has 2 aromatic carbocycles. The van der Waals surface area contributed by atoms with Gasteiger partial charge in [-0.3, -0.25) is 14.6 Å². The zero-order chi connectivity index (χ0) is 19.5. The standard InChI is InChI=1S/C22H18ClN3O2/c23-17-7-9-18(10-8-17)25-21(27)16-11-12-24-19(14-16)22(28)26-13-3-5-15-4-1-2-6-20(15)26/h1-2,4,6-12,14H,3,5,13H2,(H,25,27). The Bertz CT molecular complexity index is 1030. The first kappa shape index (κ1) is 18.2. The third kappa shape index (κ3) is 3.75. The van der Waals surface area contributed by atoms with Gasteiger partial charge in [0.1, 0.15) is 5.69 Å². The number of aryl methyl sites for hydroxylation is 1. The Kier molecular flexibility index (Phi) is 5.08. The first-order valence-electron chi connectivity index (χ1n) is 9.04. The summed E-state index contributed by atoms with van der Waals surface area (Å²) in [5.41, 5.74) is 3.32. The molecule has 0 saturated heterocycles. The van der Waals surface area contributed by atoms with Gasteiger partial charge >= 0.3 is 0 Å². The van der Waals surface area contributed by atoms with Crippen molar-refractivity contribution in [3.8, 4) is 0 Å². The van der Waals surface area contributed by atoms with Crippen LogP contribution in [-0.4, -0.2) is 23.3 Å². The Morgan fingerprint density at radius 1 is 1.04 bits per heavy atom. The van der Waals surface area contributed by atoms with Crippen LogP contribution in [0.5, 0.6) is 0 Å². The summed E-state index contributed by atoms with van der Waals surface area (Å²) < 4.78 is 0. The number of anilines is 2. The number of para-hydroxylation sites is 1. The molecule has 5 nitrogen and oxygen atoms in total. The molecule has 1 aromatic heterocycles. The SMILES string of the molecule is O=C(Nc1ccc(Cl)cc1)c1ccnc(C(=O)N2CCCc3ccccc32)c1. The lowest BCUT2D eigenvalue weighted by molar-refractivity contribution is 0.0980. The number of benzene rings is 2. The highest BCUT2D eigenvalue weighted by Gasteiger charge is 2.24. The van der Waals surface area contributed by atoms with E-state index in [0.29, 0.717) is 22.8 Å². The molecule has 3 aromatic rings. The van der Waals surface area contributed by atoms with E-state index in [1.165, 1.54) is 12.3 Å². The van der Waals surface area contributed by atoms with Gasteiger partial charge in [0.25, 0.3) is 11.8 Å². The summed E-state index contributed by atoms with van der Waals surface area (Å²) in [4.78, 5) is 31.5. The molecule has 0 unspecified atom stereocenters. The van der Waals surface area contributed by atoms with E-state index in [1.807, 2.05) is 24.3 Å². The highest BCUT2D eigenvalue weighted by Crippen LogP contribution is 2.28. The van der Waals surface area contributed by atoms with Crippen LogP contribution in [0.4, 0.5) is 11.4 Å². The fourth-order valence-electron chi connectivity index (χ4n) is 3.31. The van der Waals surface area contributed by atoms with E-state index >= 15 is 0 Å². The molecule has 0 fully saturated rings. The van der Waals surface area contributed by atoms with Crippen LogP contribution in [0, 0.1) is 0 Å². The summed E-state index contributed by atoms with van der Waals surface area (Å²) in [5.74, 6) is -0.508. The summed E-state index contributed by atoms with van der Waals surface area (Å²) in [6.45, 7) is 0.638. The molecular formula is C22H18ClN3O2. The van der Waals surface area contributed by atoms with Crippen molar-refractivity contribution >= 4 is 34.8 Å². The van der Waals surface area contributed by atoms with Crippen LogP contribution in [0.15, 0.2) is 66.9 Å². The van der Waals surface area contributed by atoms with Gasteiger partial charge in [-0.25, -0.2) is 0 Å². The largest absolute Gasteiger partial charge is 0.322 e.